The number of hydrogen-bond donors (Lipinski definition) is 3. The molecule has 1 atom stereocenters. The third-order valence-corrected chi connectivity index (χ3v) is 2.93. The highest BCUT2D eigenvalue weighted by molar-refractivity contribution is 5.46. The second kappa shape index (κ2) is 4.85. The highest BCUT2D eigenvalue weighted by atomic mass is 16.5. The van der Waals surface area contributed by atoms with Crippen molar-refractivity contribution in [1.29, 1.82) is 0 Å². The standard InChI is InChI=1S/C11H19N5O/c1-8-14-9(6-10(15-8)16-12)13-7-11(2)4-3-5-17-11/h6H,3-5,7,12H2,1-2H3,(H2,13,14,15,16). The number of nitrogens with one attached hydrogen (secondary N) is 2. The fourth-order valence-electron chi connectivity index (χ4n) is 1.99. The molecule has 1 aromatic heterocycles. The molecule has 0 amide bonds. The lowest BCUT2D eigenvalue weighted by Crippen LogP contribution is -2.32. The topological polar surface area (TPSA) is 85.1 Å². The minimum atomic E-state index is -0.0881. The number of hydrogen-bond acceptors (Lipinski definition) is 6. The fourth-order valence-corrected chi connectivity index (χ4v) is 1.99. The molecule has 6 heteroatoms. The predicted molar refractivity (Wildman–Crippen MR) is 66.7 cm³/mol. The van der Waals surface area contributed by atoms with Gasteiger partial charge in [0.15, 0.2) is 0 Å². The van der Waals surface area contributed by atoms with Crippen LogP contribution in [0.3, 0.4) is 0 Å². The summed E-state index contributed by atoms with van der Waals surface area (Å²) in [5.41, 5.74) is 2.44. The van der Waals surface area contributed by atoms with E-state index in [9.17, 15) is 0 Å². The second-order valence-electron chi connectivity index (χ2n) is 4.59. The Labute approximate surface area is 101 Å². The van der Waals surface area contributed by atoms with Crippen molar-refractivity contribution in [2.24, 2.45) is 5.84 Å². The summed E-state index contributed by atoms with van der Waals surface area (Å²) in [5.74, 6) is 7.39. The SMILES string of the molecule is Cc1nc(NN)cc(NCC2(C)CCCO2)n1. The van der Waals surface area contributed by atoms with Crippen molar-refractivity contribution in [3.8, 4) is 0 Å². The van der Waals surface area contributed by atoms with Crippen molar-refractivity contribution in [1.82, 2.24) is 9.97 Å². The van der Waals surface area contributed by atoms with Crippen LogP contribution in [0.5, 0.6) is 0 Å². The molecule has 0 saturated carbocycles. The summed E-state index contributed by atoms with van der Waals surface area (Å²) in [6.45, 7) is 5.53. The number of nitrogens with zero attached hydrogens (tertiary/aromatic N) is 2. The van der Waals surface area contributed by atoms with E-state index < -0.39 is 0 Å². The third-order valence-electron chi connectivity index (χ3n) is 2.93. The van der Waals surface area contributed by atoms with Crippen molar-refractivity contribution >= 4 is 11.6 Å². The number of anilines is 2. The molecule has 17 heavy (non-hydrogen) atoms. The maximum Gasteiger partial charge on any atom is 0.145 e. The van der Waals surface area contributed by atoms with Gasteiger partial charge in [-0.25, -0.2) is 15.8 Å². The maximum absolute atomic E-state index is 5.70. The van der Waals surface area contributed by atoms with Gasteiger partial charge in [0, 0.05) is 19.2 Å². The van der Waals surface area contributed by atoms with E-state index in [1.807, 2.05) is 6.92 Å². The van der Waals surface area contributed by atoms with E-state index in [4.69, 9.17) is 10.6 Å². The predicted octanol–water partition coefficient (Wildman–Crippen LogP) is 1.05. The molecule has 1 aliphatic rings. The van der Waals surface area contributed by atoms with Gasteiger partial charge in [-0.1, -0.05) is 0 Å². The Morgan fingerprint density at radius 3 is 2.88 bits per heavy atom. The molecule has 1 aromatic rings. The Kier molecular flexibility index (Phi) is 3.44. The van der Waals surface area contributed by atoms with E-state index in [1.54, 1.807) is 6.07 Å². The molecule has 0 aliphatic carbocycles. The van der Waals surface area contributed by atoms with Crippen molar-refractivity contribution in [2.45, 2.75) is 32.3 Å². The summed E-state index contributed by atoms with van der Waals surface area (Å²) in [7, 11) is 0. The minimum Gasteiger partial charge on any atom is -0.373 e. The molecule has 94 valence electrons. The first kappa shape index (κ1) is 12.1. The third kappa shape index (κ3) is 3.04. The van der Waals surface area contributed by atoms with E-state index in [-0.39, 0.29) is 5.60 Å². The van der Waals surface area contributed by atoms with E-state index in [0.717, 1.165) is 31.8 Å². The summed E-state index contributed by atoms with van der Waals surface area (Å²) >= 11 is 0. The van der Waals surface area contributed by atoms with Crippen LogP contribution in [-0.4, -0.2) is 28.7 Å². The van der Waals surface area contributed by atoms with Crippen LogP contribution in [-0.2, 0) is 4.74 Å². The average Bonchev–Trinajstić information content (AvgIpc) is 2.73. The van der Waals surface area contributed by atoms with Gasteiger partial charge >= 0.3 is 0 Å². The zero-order valence-electron chi connectivity index (χ0n) is 10.3. The van der Waals surface area contributed by atoms with Crippen LogP contribution >= 0.6 is 0 Å². The number of aromatic nitrogens is 2. The second-order valence-corrected chi connectivity index (χ2v) is 4.59. The largest absolute Gasteiger partial charge is 0.373 e. The molecule has 1 aliphatic heterocycles. The molecule has 1 saturated heterocycles. The number of ether oxygens (including phenoxy) is 1. The van der Waals surface area contributed by atoms with E-state index in [2.05, 4.69) is 27.6 Å². The van der Waals surface area contributed by atoms with Crippen molar-refractivity contribution in [2.75, 3.05) is 23.9 Å². The quantitative estimate of drug-likeness (QED) is 0.536. The molecule has 2 heterocycles. The Balaban J connectivity index is 2.00. The molecule has 6 nitrogen and oxygen atoms in total. The molecule has 1 unspecified atom stereocenters. The summed E-state index contributed by atoms with van der Waals surface area (Å²) in [4.78, 5) is 8.43. The lowest BCUT2D eigenvalue weighted by molar-refractivity contribution is 0.0314. The van der Waals surface area contributed by atoms with E-state index in [0.29, 0.717) is 11.6 Å². The summed E-state index contributed by atoms with van der Waals surface area (Å²) in [5, 5.41) is 3.27. The maximum atomic E-state index is 5.70. The van der Waals surface area contributed by atoms with Crippen molar-refractivity contribution in [3.63, 3.8) is 0 Å². The monoisotopic (exact) mass is 237 g/mol. The molecule has 0 radical (unpaired) electrons. The van der Waals surface area contributed by atoms with Gasteiger partial charge in [-0.05, 0) is 26.7 Å². The van der Waals surface area contributed by atoms with Crippen LogP contribution in [0.1, 0.15) is 25.6 Å². The van der Waals surface area contributed by atoms with Crippen LogP contribution in [0, 0.1) is 6.92 Å². The molecular weight excluding hydrogens is 218 g/mol. The summed E-state index contributed by atoms with van der Waals surface area (Å²) in [6, 6.07) is 1.78. The number of hydrazine groups is 1. The van der Waals surface area contributed by atoms with Gasteiger partial charge in [-0.3, -0.25) is 0 Å². The minimum absolute atomic E-state index is 0.0881. The molecule has 0 spiro atoms. The van der Waals surface area contributed by atoms with Crippen LogP contribution in [0.25, 0.3) is 0 Å². The Hall–Kier alpha value is -1.40. The highest BCUT2D eigenvalue weighted by Crippen LogP contribution is 2.25. The molecule has 0 bridgehead atoms. The lowest BCUT2D eigenvalue weighted by atomic mass is 10.0. The highest BCUT2D eigenvalue weighted by Gasteiger charge is 2.29. The van der Waals surface area contributed by atoms with Crippen LogP contribution < -0.4 is 16.6 Å². The van der Waals surface area contributed by atoms with Crippen LogP contribution in [0.2, 0.25) is 0 Å². The smallest absolute Gasteiger partial charge is 0.145 e. The normalized spacial score (nSPS) is 23.7. The summed E-state index contributed by atoms with van der Waals surface area (Å²) < 4.78 is 5.70. The lowest BCUT2D eigenvalue weighted by Gasteiger charge is -2.23. The first-order valence-electron chi connectivity index (χ1n) is 5.81. The fraction of sp³-hybridized carbons (Fsp3) is 0.636. The van der Waals surface area contributed by atoms with Crippen molar-refractivity contribution < 1.29 is 4.74 Å². The number of rotatable bonds is 4. The zero-order chi connectivity index (χ0) is 12.3. The van der Waals surface area contributed by atoms with Gasteiger partial charge in [-0.15, -0.1) is 0 Å². The van der Waals surface area contributed by atoms with Gasteiger partial charge in [0.05, 0.1) is 5.60 Å². The van der Waals surface area contributed by atoms with E-state index >= 15 is 0 Å². The summed E-state index contributed by atoms with van der Waals surface area (Å²) in [6.07, 6.45) is 2.20. The first-order chi connectivity index (χ1) is 8.11. The van der Waals surface area contributed by atoms with Crippen LogP contribution in [0.15, 0.2) is 6.07 Å². The Morgan fingerprint density at radius 1 is 1.47 bits per heavy atom. The molecule has 2 rings (SSSR count). The molecular formula is C11H19N5O. The van der Waals surface area contributed by atoms with Crippen LogP contribution in [0.4, 0.5) is 11.6 Å². The molecule has 0 aromatic carbocycles. The van der Waals surface area contributed by atoms with Gasteiger partial charge in [0.25, 0.3) is 0 Å². The Morgan fingerprint density at radius 2 is 2.24 bits per heavy atom. The van der Waals surface area contributed by atoms with Gasteiger partial charge in [0.1, 0.15) is 17.5 Å². The number of nitrogen functional groups attached to an aromatic ring is 1. The van der Waals surface area contributed by atoms with E-state index in [1.165, 1.54) is 0 Å². The Bertz CT molecular complexity index is 389. The van der Waals surface area contributed by atoms with Gasteiger partial charge in [0.2, 0.25) is 0 Å². The van der Waals surface area contributed by atoms with Gasteiger partial charge < -0.3 is 15.5 Å². The molecule has 1 fully saturated rings. The average molecular weight is 237 g/mol. The number of nitrogens with two attached hydrogens (primary N) is 1. The zero-order valence-corrected chi connectivity index (χ0v) is 10.3. The molecule has 4 N–H and O–H groups in total. The van der Waals surface area contributed by atoms with Crippen molar-refractivity contribution in [3.05, 3.63) is 11.9 Å². The number of aryl methyl sites for hydroxylation is 1. The first-order valence-corrected chi connectivity index (χ1v) is 5.81. The van der Waals surface area contributed by atoms with Gasteiger partial charge in [-0.2, -0.15) is 0 Å².